The van der Waals surface area contributed by atoms with Gasteiger partial charge in [0.25, 0.3) is 0 Å². The SMILES string of the molecule is [C-]#[N+]c1ccc(Nc2ncnc(OC3C4CC(=O)CC3CN(C(=O)OC(C)(C)C)C4)c2C)c(Cl)c1. The predicted molar refractivity (Wildman–Crippen MR) is 131 cm³/mol. The first kappa shape index (κ1) is 24.7. The van der Waals surface area contributed by atoms with Gasteiger partial charge in [-0.25, -0.2) is 19.6 Å². The zero-order chi connectivity index (χ0) is 25.3. The first-order valence-corrected chi connectivity index (χ1v) is 11.8. The van der Waals surface area contributed by atoms with Gasteiger partial charge < -0.3 is 19.7 Å². The number of nitrogens with zero attached hydrogens (tertiary/aromatic N) is 4. The van der Waals surface area contributed by atoms with Crippen molar-refractivity contribution in [3.8, 4) is 5.88 Å². The molecule has 1 aliphatic carbocycles. The third-order valence-corrected chi connectivity index (χ3v) is 6.40. The summed E-state index contributed by atoms with van der Waals surface area (Å²) in [4.78, 5) is 38.7. The molecule has 1 aliphatic heterocycles. The molecule has 2 heterocycles. The van der Waals surface area contributed by atoms with Crippen molar-refractivity contribution in [3.63, 3.8) is 0 Å². The fourth-order valence-corrected chi connectivity index (χ4v) is 4.76. The van der Waals surface area contributed by atoms with E-state index in [9.17, 15) is 9.59 Å². The quantitative estimate of drug-likeness (QED) is 0.570. The number of piperidine rings is 1. The van der Waals surface area contributed by atoms with Gasteiger partial charge in [-0.2, -0.15) is 0 Å². The largest absolute Gasteiger partial charge is 0.473 e. The number of hydrogen-bond acceptors (Lipinski definition) is 7. The highest BCUT2D eigenvalue weighted by Crippen LogP contribution is 2.38. The fraction of sp³-hybridized carbons (Fsp3) is 0.480. The van der Waals surface area contributed by atoms with Crippen LogP contribution in [-0.4, -0.2) is 51.5 Å². The molecule has 0 spiro atoms. The molecule has 1 aromatic heterocycles. The Bertz CT molecular complexity index is 1170. The number of halogens is 1. The van der Waals surface area contributed by atoms with Gasteiger partial charge in [0, 0.05) is 37.8 Å². The molecule has 1 aromatic carbocycles. The van der Waals surface area contributed by atoms with Crippen LogP contribution < -0.4 is 10.1 Å². The molecule has 2 bridgehead atoms. The van der Waals surface area contributed by atoms with Crippen molar-refractivity contribution < 1.29 is 19.1 Å². The molecule has 10 heteroatoms. The highest BCUT2D eigenvalue weighted by Gasteiger charge is 2.46. The van der Waals surface area contributed by atoms with E-state index < -0.39 is 5.60 Å². The van der Waals surface area contributed by atoms with E-state index in [1.54, 1.807) is 23.1 Å². The minimum Gasteiger partial charge on any atom is -0.473 e. The first-order valence-electron chi connectivity index (χ1n) is 11.5. The number of aromatic nitrogens is 2. The molecule has 1 saturated heterocycles. The summed E-state index contributed by atoms with van der Waals surface area (Å²) in [5, 5.41) is 3.59. The minimum atomic E-state index is -0.587. The summed E-state index contributed by atoms with van der Waals surface area (Å²) in [6, 6.07) is 4.98. The van der Waals surface area contributed by atoms with Crippen LogP contribution in [0.1, 0.15) is 39.2 Å². The molecule has 9 nitrogen and oxygen atoms in total. The highest BCUT2D eigenvalue weighted by atomic mass is 35.5. The van der Waals surface area contributed by atoms with E-state index in [4.69, 9.17) is 27.6 Å². The predicted octanol–water partition coefficient (Wildman–Crippen LogP) is 5.33. The number of ether oxygens (including phenoxy) is 2. The Morgan fingerprint density at radius 3 is 2.51 bits per heavy atom. The lowest BCUT2D eigenvalue weighted by molar-refractivity contribution is -0.131. The van der Waals surface area contributed by atoms with Crippen LogP contribution in [0.25, 0.3) is 4.85 Å². The van der Waals surface area contributed by atoms with Crippen LogP contribution in [0.15, 0.2) is 24.5 Å². The van der Waals surface area contributed by atoms with Gasteiger partial charge in [-0.15, -0.1) is 0 Å². The number of benzene rings is 1. The maximum atomic E-state index is 12.7. The molecule has 1 amide bonds. The Labute approximate surface area is 209 Å². The van der Waals surface area contributed by atoms with Gasteiger partial charge in [0.1, 0.15) is 29.6 Å². The number of amides is 1. The van der Waals surface area contributed by atoms with Crippen LogP contribution in [0.2, 0.25) is 5.02 Å². The van der Waals surface area contributed by atoms with Crippen LogP contribution in [0, 0.1) is 25.3 Å². The number of carbonyl (C=O) groups is 2. The number of likely N-dealkylation sites (tertiary alicyclic amines) is 1. The fourth-order valence-electron chi connectivity index (χ4n) is 4.54. The Kier molecular flexibility index (Phi) is 6.86. The second kappa shape index (κ2) is 9.70. The summed E-state index contributed by atoms with van der Waals surface area (Å²) in [5.41, 5.74) is 1.16. The van der Waals surface area contributed by atoms with Crippen molar-refractivity contribution in [2.75, 3.05) is 18.4 Å². The molecule has 2 atom stereocenters. The van der Waals surface area contributed by atoms with Crippen LogP contribution >= 0.6 is 11.6 Å². The molecule has 1 N–H and O–H groups in total. The highest BCUT2D eigenvalue weighted by molar-refractivity contribution is 6.33. The van der Waals surface area contributed by atoms with E-state index >= 15 is 0 Å². The van der Waals surface area contributed by atoms with Crippen LogP contribution in [0.3, 0.4) is 0 Å². The second-order valence-corrected chi connectivity index (χ2v) is 10.4. The smallest absolute Gasteiger partial charge is 0.410 e. The Balaban J connectivity index is 1.52. The van der Waals surface area contributed by atoms with Crippen LogP contribution in [-0.2, 0) is 9.53 Å². The number of fused-ring (bicyclic) bond motifs is 2. The van der Waals surface area contributed by atoms with Crippen LogP contribution in [0.4, 0.5) is 22.0 Å². The molecule has 2 aromatic rings. The number of hydrogen-bond donors (Lipinski definition) is 1. The Morgan fingerprint density at radius 1 is 1.23 bits per heavy atom. The average Bonchev–Trinajstić information content (AvgIpc) is 2.76. The van der Waals surface area contributed by atoms with Crippen LogP contribution in [0.5, 0.6) is 5.88 Å². The zero-order valence-electron chi connectivity index (χ0n) is 20.2. The summed E-state index contributed by atoms with van der Waals surface area (Å²) in [6.07, 6.45) is 1.47. The molecular weight excluding hydrogens is 470 g/mol. The van der Waals surface area contributed by atoms with E-state index in [2.05, 4.69) is 20.1 Å². The number of carbonyl (C=O) groups excluding carboxylic acids is 2. The van der Waals surface area contributed by atoms with E-state index in [-0.39, 0.29) is 29.8 Å². The lowest BCUT2D eigenvalue weighted by atomic mass is 9.74. The van der Waals surface area contributed by atoms with Gasteiger partial charge in [0.15, 0.2) is 5.69 Å². The lowest BCUT2D eigenvalue weighted by Gasteiger charge is -2.46. The number of rotatable bonds is 4. The first-order chi connectivity index (χ1) is 16.5. The van der Waals surface area contributed by atoms with Gasteiger partial charge in [-0.05, 0) is 39.8 Å². The maximum absolute atomic E-state index is 12.7. The van der Waals surface area contributed by atoms with Crippen molar-refractivity contribution >= 4 is 40.7 Å². The van der Waals surface area contributed by atoms with Gasteiger partial charge in [-0.3, -0.25) is 4.79 Å². The number of nitrogens with one attached hydrogen (secondary N) is 1. The Morgan fingerprint density at radius 2 is 1.91 bits per heavy atom. The second-order valence-electron chi connectivity index (χ2n) is 9.99. The third kappa shape index (κ3) is 5.65. The molecular formula is C25H28ClN5O4. The van der Waals surface area contributed by atoms with Crippen molar-refractivity contribution in [1.29, 1.82) is 0 Å². The normalized spacial score (nSPS) is 21.8. The number of anilines is 2. The molecule has 35 heavy (non-hydrogen) atoms. The average molecular weight is 498 g/mol. The van der Waals surface area contributed by atoms with Gasteiger partial charge in [-0.1, -0.05) is 17.7 Å². The van der Waals surface area contributed by atoms with Crippen molar-refractivity contribution in [3.05, 3.63) is 46.5 Å². The van der Waals surface area contributed by atoms with Gasteiger partial charge >= 0.3 is 6.09 Å². The number of ketones is 1. The molecule has 2 aliphatic rings. The third-order valence-electron chi connectivity index (χ3n) is 6.09. The summed E-state index contributed by atoms with van der Waals surface area (Å²) < 4.78 is 11.9. The standard InChI is InChI=1S/C25H28ClN5O4/c1-14-22(30-20-7-6-17(27-5)10-19(20)26)28-13-29-23(14)34-21-15-8-18(32)9-16(21)12-31(11-15)24(33)35-25(2,3)4/h6-7,10,13,15-16,21H,8-9,11-12H2,1-4H3,(H,28,29,30). The minimum absolute atomic E-state index is 0.149. The summed E-state index contributed by atoms with van der Waals surface area (Å²) >= 11 is 6.31. The van der Waals surface area contributed by atoms with E-state index in [0.717, 1.165) is 0 Å². The summed E-state index contributed by atoms with van der Waals surface area (Å²) in [7, 11) is 0. The summed E-state index contributed by atoms with van der Waals surface area (Å²) in [6.45, 7) is 15.2. The lowest BCUT2D eigenvalue weighted by Crippen LogP contribution is -2.57. The number of Topliss-reactive ketones (excluding diaryl/α,β-unsaturated/α-hetero) is 1. The summed E-state index contributed by atoms with van der Waals surface area (Å²) in [5.74, 6) is 0.826. The van der Waals surface area contributed by atoms with E-state index in [1.807, 2.05) is 27.7 Å². The van der Waals surface area contributed by atoms with Crippen molar-refractivity contribution in [1.82, 2.24) is 14.9 Å². The monoisotopic (exact) mass is 497 g/mol. The van der Waals surface area contributed by atoms with Gasteiger partial charge in [0.05, 0.1) is 22.8 Å². The molecule has 2 fully saturated rings. The zero-order valence-corrected chi connectivity index (χ0v) is 20.9. The van der Waals surface area contributed by atoms with Crippen molar-refractivity contribution in [2.24, 2.45) is 11.8 Å². The van der Waals surface area contributed by atoms with Crippen molar-refractivity contribution in [2.45, 2.75) is 52.2 Å². The van der Waals surface area contributed by atoms with E-state index in [1.165, 1.54) is 6.33 Å². The molecule has 184 valence electrons. The molecule has 0 radical (unpaired) electrons. The van der Waals surface area contributed by atoms with E-state index in [0.29, 0.717) is 59.6 Å². The molecule has 2 unspecified atom stereocenters. The molecule has 4 rings (SSSR count). The maximum Gasteiger partial charge on any atom is 0.410 e. The Hall–Kier alpha value is -3.38. The van der Waals surface area contributed by atoms with Gasteiger partial charge in [0.2, 0.25) is 5.88 Å². The topological polar surface area (TPSA) is 98.0 Å². The molecule has 1 saturated carbocycles.